The van der Waals surface area contributed by atoms with Crippen LogP contribution in [-0.2, 0) is 17.8 Å². The zero-order chi connectivity index (χ0) is 16.7. The van der Waals surface area contributed by atoms with Crippen molar-refractivity contribution in [2.24, 2.45) is 0 Å². The minimum absolute atomic E-state index is 0. The molecule has 6 heteroatoms. The Morgan fingerprint density at radius 2 is 1.88 bits per heavy atom. The van der Waals surface area contributed by atoms with E-state index in [9.17, 15) is 9.59 Å². The number of aromatic nitrogens is 3. The Bertz CT molecular complexity index is 813. The van der Waals surface area contributed by atoms with Gasteiger partial charge < -0.3 is 4.90 Å². The van der Waals surface area contributed by atoms with Gasteiger partial charge in [-0.25, -0.2) is 9.48 Å². The summed E-state index contributed by atoms with van der Waals surface area (Å²) >= 11 is 0. The molecule has 1 aromatic carbocycles. The number of rotatable bonds is 3. The SMILES string of the molecule is C.Cc1ccc(Cn2nc3n(c2=O)[C@H](C(=O)N2CCCC2)CC3)cc1. The molecule has 1 atom stereocenters. The van der Waals surface area contributed by atoms with Crippen LogP contribution in [0.1, 0.15) is 49.7 Å². The number of carbonyl (C=O) groups is 1. The predicted octanol–water partition coefficient (Wildman–Crippen LogP) is 2.15. The van der Waals surface area contributed by atoms with Gasteiger partial charge in [0, 0.05) is 19.5 Å². The van der Waals surface area contributed by atoms with Gasteiger partial charge in [0.15, 0.2) is 0 Å². The normalized spacial score (nSPS) is 18.9. The van der Waals surface area contributed by atoms with E-state index in [-0.39, 0.29) is 25.1 Å². The lowest BCUT2D eigenvalue weighted by Gasteiger charge is -2.20. The minimum atomic E-state index is -0.364. The summed E-state index contributed by atoms with van der Waals surface area (Å²) in [4.78, 5) is 27.3. The van der Waals surface area contributed by atoms with Gasteiger partial charge in [-0.15, -0.1) is 0 Å². The van der Waals surface area contributed by atoms with Crippen LogP contribution in [0.2, 0.25) is 0 Å². The van der Waals surface area contributed by atoms with Gasteiger partial charge in [-0.2, -0.15) is 5.10 Å². The highest BCUT2D eigenvalue weighted by Gasteiger charge is 2.35. The molecule has 1 saturated heterocycles. The van der Waals surface area contributed by atoms with Crippen molar-refractivity contribution < 1.29 is 4.79 Å². The van der Waals surface area contributed by atoms with Crippen LogP contribution in [0.3, 0.4) is 0 Å². The molecular formula is C19H26N4O2. The predicted molar refractivity (Wildman–Crippen MR) is 96.7 cm³/mol. The van der Waals surface area contributed by atoms with Gasteiger partial charge in [0.1, 0.15) is 11.9 Å². The third-order valence-corrected chi connectivity index (χ3v) is 5.05. The molecule has 1 amide bonds. The van der Waals surface area contributed by atoms with E-state index < -0.39 is 0 Å². The van der Waals surface area contributed by atoms with Gasteiger partial charge in [0.2, 0.25) is 5.91 Å². The quantitative estimate of drug-likeness (QED) is 0.859. The molecule has 6 nitrogen and oxygen atoms in total. The summed E-state index contributed by atoms with van der Waals surface area (Å²) in [6.45, 7) is 4.12. The molecule has 0 N–H and O–H groups in total. The van der Waals surface area contributed by atoms with Gasteiger partial charge in [-0.05, 0) is 31.7 Å². The average molecular weight is 342 g/mol. The molecule has 25 heavy (non-hydrogen) atoms. The van der Waals surface area contributed by atoms with E-state index in [4.69, 9.17) is 0 Å². The second-order valence-corrected chi connectivity index (χ2v) is 6.80. The molecule has 3 heterocycles. The number of aryl methyl sites for hydroxylation is 2. The van der Waals surface area contributed by atoms with Crippen molar-refractivity contribution in [1.29, 1.82) is 0 Å². The molecule has 0 saturated carbocycles. The zero-order valence-corrected chi connectivity index (χ0v) is 13.9. The Morgan fingerprint density at radius 1 is 1.20 bits per heavy atom. The first kappa shape index (κ1) is 17.5. The molecule has 1 aromatic heterocycles. The standard InChI is InChI=1S/C18H22N4O2.CH4/c1-13-4-6-14(7-5-13)12-21-18(24)22-15(8-9-16(22)19-21)17(23)20-10-2-3-11-20;/h4-7,15H,2-3,8-12H2,1H3;1H4/t15-;/m0./s1. The Hall–Kier alpha value is -2.37. The van der Waals surface area contributed by atoms with E-state index in [2.05, 4.69) is 5.10 Å². The molecule has 0 spiro atoms. The maximum Gasteiger partial charge on any atom is 0.346 e. The first-order valence-electron chi connectivity index (χ1n) is 8.66. The van der Waals surface area contributed by atoms with E-state index in [1.165, 1.54) is 10.2 Å². The third-order valence-electron chi connectivity index (χ3n) is 5.05. The fourth-order valence-electron chi connectivity index (χ4n) is 3.70. The number of carbonyl (C=O) groups excluding carboxylic acids is 1. The summed E-state index contributed by atoms with van der Waals surface area (Å²) in [6, 6.07) is 7.73. The lowest BCUT2D eigenvalue weighted by Crippen LogP contribution is -2.38. The van der Waals surface area contributed by atoms with Crippen molar-refractivity contribution in [3.63, 3.8) is 0 Å². The first-order chi connectivity index (χ1) is 11.6. The number of amides is 1. The van der Waals surface area contributed by atoms with Crippen LogP contribution in [0.5, 0.6) is 0 Å². The second-order valence-electron chi connectivity index (χ2n) is 6.80. The molecule has 4 rings (SSSR count). The fraction of sp³-hybridized carbons (Fsp3) is 0.526. The summed E-state index contributed by atoms with van der Waals surface area (Å²) in [6.07, 6.45) is 3.51. The number of benzene rings is 1. The van der Waals surface area contributed by atoms with Crippen LogP contribution in [0, 0.1) is 6.92 Å². The van der Waals surface area contributed by atoms with Crippen molar-refractivity contribution in [1.82, 2.24) is 19.2 Å². The number of hydrogen-bond donors (Lipinski definition) is 0. The summed E-state index contributed by atoms with van der Waals surface area (Å²) in [5.74, 6) is 0.827. The zero-order valence-electron chi connectivity index (χ0n) is 13.9. The summed E-state index contributed by atoms with van der Waals surface area (Å²) in [5, 5.41) is 4.46. The maximum absolute atomic E-state index is 12.8. The van der Waals surface area contributed by atoms with Gasteiger partial charge in [0.05, 0.1) is 6.54 Å². The van der Waals surface area contributed by atoms with E-state index >= 15 is 0 Å². The van der Waals surface area contributed by atoms with Crippen LogP contribution in [0.4, 0.5) is 0 Å². The Kier molecular flexibility index (Phi) is 4.79. The lowest BCUT2D eigenvalue weighted by atomic mass is 10.1. The maximum atomic E-state index is 12.8. The third kappa shape index (κ3) is 3.13. The van der Waals surface area contributed by atoms with Crippen molar-refractivity contribution in [2.75, 3.05) is 13.1 Å². The van der Waals surface area contributed by atoms with Gasteiger partial charge >= 0.3 is 5.69 Å². The fourth-order valence-corrected chi connectivity index (χ4v) is 3.70. The average Bonchev–Trinajstić information content (AvgIpc) is 3.29. The van der Waals surface area contributed by atoms with Crippen LogP contribution >= 0.6 is 0 Å². The molecule has 2 aliphatic heterocycles. The molecule has 0 aliphatic carbocycles. The van der Waals surface area contributed by atoms with Crippen LogP contribution < -0.4 is 5.69 Å². The molecule has 2 aliphatic rings. The largest absolute Gasteiger partial charge is 0.346 e. The van der Waals surface area contributed by atoms with Crippen LogP contribution in [0.25, 0.3) is 0 Å². The highest BCUT2D eigenvalue weighted by atomic mass is 16.2. The lowest BCUT2D eigenvalue weighted by molar-refractivity contribution is -0.133. The second kappa shape index (κ2) is 6.86. The molecule has 134 valence electrons. The molecule has 2 aromatic rings. The van der Waals surface area contributed by atoms with Crippen molar-refractivity contribution in [3.8, 4) is 0 Å². The highest BCUT2D eigenvalue weighted by molar-refractivity contribution is 5.81. The first-order valence-corrected chi connectivity index (χ1v) is 8.66. The van der Waals surface area contributed by atoms with E-state index in [1.54, 1.807) is 4.57 Å². The topological polar surface area (TPSA) is 60.1 Å². The van der Waals surface area contributed by atoms with Gasteiger partial charge in [-0.1, -0.05) is 37.3 Å². The Labute approximate surface area is 148 Å². The smallest absolute Gasteiger partial charge is 0.341 e. The Balaban J connectivity index is 0.00000182. The number of likely N-dealkylation sites (tertiary alicyclic amines) is 1. The number of hydrogen-bond acceptors (Lipinski definition) is 3. The monoisotopic (exact) mass is 342 g/mol. The van der Waals surface area contributed by atoms with Gasteiger partial charge in [-0.3, -0.25) is 9.36 Å². The number of fused-ring (bicyclic) bond motifs is 1. The van der Waals surface area contributed by atoms with E-state index in [0.29, 0.717) is 19.4 Å². The molecular weight excluding hydrogens is 316 g/mol. The van der Waals surface area contributed by atoms with Crippen LogP contribution in [0.15, 0.2) is 29.1 Å². The Morgan fingerprint density at radius 3 is 2.56 bits per heavy atom. The molecule has 0 unspecified atom stereocenters. The summed E-state index contributed by atoms with van der Waals surface area (Å²) in [5.41, 5.74) is 2.07. The van der Waals surface area contributed by atoms with Crippen molar-refractivity contribution >= 4 is 5.91 Å². The van der Waals surface area contributed by atoms with E-state index in [1.807, 2.05) is 36.1 Å². The molecule has 0 bridgehead atoms. The number of nitrogens with zero attached hydrogens (tertiary/aromatic N) is 4. The van der Waals surface area contributed by atoms with Crippen molar-refractivity contribution in [3.05, 3.63) is 51.7 Å². The molecule has 1 fully saturated rings. The van der Waals surface area contributed by atoms with Gasteiger partial charge in [0.25, 0.3) is 0 Å². The van der Waals surface area contributed by atoms with Crippen molar-refractivity contribution in [2.45, 2.75) is 52.6 Å². The summed E-state index contributed by atoms with van der Waals surface area (Å²) in [7, 11) is 0. The molecule has 0 radical (unpaired) electrons. The van der Waals surface area contributed by atoms with E-state index in [0.717, 1.165) is 37.3 Å². The van der Waals surface area contributed by atoms with Crippen LogP contribution in [-0.4, -0.2) is 38.2 Å². The highest BCUT2D eigenvalue weighted by Crippen LogP contribution is 2.26. The minimum Gasteiger partial charge on any atom is -0.341 e. The summed E-state index contributed by atoms with van der Waals surface area (Å²) < 4.78 is 3.11.